The Kier molecular flexibility index (Phi) is 6.30. The minimum Gasteiger partial charge on any atom is -0.465 e. The van der Waals surface area contributed by atoms with Crippen LogP contribution in [0.3, 0.4) is 0 Å². The maximum absolute atomic E-state index is 12.4. The number of thiocarbonyl (C=S) groups is 1. The molecular weight excluding hydrogens is 350 g/mol. The highest BCUT2D eigenvalue weighted by atomic mass is 32.1. The fourth-order valence-corrected chi connectivity index (χ4v) is 2.26. The fraction of sp³-hybridized carbons (Fsp3) is 0.211. The zero-order chi connectivity index (χ0) is 19.2. The summed E-state index contributed by atoms with van der Waals surface area (Å²) in [5, 5.41) is 8.40. The Hall–Kier alpha value is -2.93. The molecule has 0 unspecified atom stereocenters. The van der Waals surface area contributed by atoms with Gasteiger partial charge in [0, 0.05) is 11.6 Å². The summed E-state index contributed by atoms with van der Waals surface area (Å²) in [6.45, 7) is 5.70. The zero-order valence-corrected chi connectivity index (χ0v) is 15.6. The largest absolute Gasteiger partial charge is 0.465 e. The molecule has 0 radical (unpaired) electrons. The van der Waals surface area contributed by atoms with Gasteiger partial charge in [-0.05, 0) is 63.3 Å². The number of hydrogen-bond acceptors (Lipinski definition) is 4. The molecule has 0 atom stereocenters. The molecule has 0 bridgehead atoms. The number of furan rings is 1. The third kappa shape index (κ3) is 6.18. The highest BCUT2D eigenvalue weighted by Crippen LogP contribution is 2.16. The van der Waals surface area contributed by atoms with Gasteiger partial charge >= 0.3 is 0 Å². The number of benzene rings is 1. The summed E-state index contributed by atoms with van der Waals surface area (Å²) in [4.78, 5) is 24.3. The first-order valence-corrected chi connectivity index (χ1v) is 8.40. The van der Waals surface area contributed by atoms with Crippen molar-refractivity contribution in [3.63, 3.8) is 0 Å². The van der Waals surface area contributed by atoms with E-state index >= 15 is 0 Å². The predicted octanol–water partition coefficient (Wildman–Crippen LogP) is 3.33. The molecule has 0 aliphatic rings. The predicted molar refractivity (Wildman–Crippen MR) is 106 cm³/mol. The van der Waals surface area contributed by atoms with Gasteiger partial charge < -0.3 is 15.1 Å². The normalized spacial score (nSPS) is 11.2. The minimum atomic E-state index is -0.407. The van der Waals surface area contributed by atoms with E-state index in [1.54, 1.807) is 36.4 Å². The van der Waals surface area contributed by atoms with E-state index < -0.39 is 5.91 Å². The Labute approximate surface area is 157 Å². The average molecular weight is 371 g/mol. The van der Waals surface area contributed by atoms with Crippen LogP contribution < -0.4 is 16.0 Å². The van der Waals surface area contributed by atoms with Crippen molar-refractivity contribution in [3.05, 3.63) is 60.1 Å². The monoisotopic (exact) mass is 371 g/mol. The molecule has 1 aromatic heterocycles. The molecule has 3 N–H and O–H groups in total. The van der Waals surface area contributed by atoms with E-state index in [-0.39, 0.29) is 16.6 Å². The van der Waals surface area contributed by atoms with Crippen LogP contribution in [0.15, 0.2) is 53.2 Å². The maximum Gasteiger partial charge on any atom is 0.253 e. The van der Waals surface area contributed by atoms with Gasteiger partial charge in [-0.3, -0.25) is 14.9 Å². The number of rotatable bonds is 4. The van der Waals surface area contributed by atoms with Crippen LogP contribution in [0.5, 0.6) is 0 Å². The molecule has 0 spiro atoms. The van der Waals surface area contributed by atoms with Crippen LogP contribution in [0.1, 0.15) is 36.9 Å². The molecular formula is C19H21N3O3S. The lowest BCUT2D eigenvalue weighted by atomic mass is 10.1. The number of amides is 2. The number of carbonyl (C=O) groups excluding carboxylic acids is 2. The van der Waals surface area contributed by atoms with Gasteiger partial charge in [0.05, 0.1) is 17.5 Å². The number of anilines is 1. The van der Waals surface area contributed by atoms with Crippen LogP contribution in [-0.4, -0.2) is 22.5 Å². The summed E-state index contributed by atoms with van der Waals surface area (Å²) in [7, 11) is 0. The maximum atomic E-state index is 12.4. The minimum absolute atomic E-state index is 0.0927. The number of hydrogen-bond donors (Lipinski definition) is 3. The van der Waals surface area contributed by atoms with Crippen LogP contribution >= 0.6 is 12.2 Å². The third-order valence-corrected chi connectivity index (χ3v) is 3.29. The molecule has 0 saturated carbocycles. The third-order valence-electron chi connectivity index (χ3n) is 3.09. The molecule has 1 heterocycles. The lowest BCUT2D eigenvalue weighted by Crippen LogP contribution is -2.41. The highest BCUT2D eigenvalue weighted by molar-refractivity contribution is 7.80. The molecule has 1 aromatic carbocycles. The van der Waals surface area contributed by atoms with E-state index in [0.717, 1.165) is 0 Å². The van der Waals surface area contributed by atoms with Crippen molar-refractivity contribution in [2.45, 2.75) is 26.3 Å². The first-order chi connectivity index (χ1) is 12.2. The molecule has 0 fully saturated rings. The first kappa shape index (κ1) is 19.4. The van der Waals surface area contributed by atoms with Crippen LogP contribution in [0.4, 0.5) is 5.69 Å². The second-order valence-corrected chi connectivity index (χ2v) is 6.95. The summed E-state index contributed by atoms with van der Waals surface area (Å²) in [5.41, 5.74) is 0.579. The van der Waals surface area contributed by atoms with E-state index in [1.165, 1.54) is 18.4 Å². The van der Waals surface area contributed by atoms with Gasteiger partial charge in [-0.15, -0.1) is 0 Å². The average Bonchev–Trinajstić information content (AvgIpc) is 3.05. The smallest absolute Gasteiger partial charge is 0.253 e. The zero-order valence-electron chi connectivity index (χ0n) is 14.8. The van der Waals surface area contributed by atoms with Gasteiger partial charge in [-0.25, -0.2) is 0 Å². The topological polar surface area (TPSA) is 83.4 Å². The number of nitrogens with one attached hydrogen (secondary N) is 3. The summed E-state index contributed by atoms with van der Waals surface area (Å²) in [6.07, 6.45) is 4.36. The van der Waals surface area contributed by atoms with E-state index in [2.05, 4.69) is 16.0 Å². The lowest BCUT2D eigenvalue weighted by molar-refractivity contribution is -0.115. The second kappa shape index (κ2) is 8.44. The molecule has 7 heteroatoms. The molecule has 2 aromatic rings. The standard InChI is InChI=1S/C19H21N3O3S/c1-19(2,3)22-17(24)14-8-4-5-9-15(14)20-18(26)21-16(23)11-10-13-7-6-12-25-13/h4-12H,1-3H3,(H,22,24)(H2,20,21,23,26)/b11-10+. The van der Waals surface area contributed by atoms with E-state index in [1.807, 2.05) is 20.8 Å². The Morgan fingerprint density at radius 1 is 1.12 bits per heavy atom. The molecule has 6 nitrogen and oxygen atoms in total. The Morgan fingerprint density at radius 3 is 2.50 bits per heavy atom. The molecule has 0 aliphatic heterocycles. The van der Waals surface area contributed by atoms with Gasteiger partial charge in [-0.1, -0.05) is 12.1 Å². The molecule has 26 heavy (non-hydrogen) atoms. The molecule has 2 rings (SSSR count). The van der Waals surface area contributed by atoms with Crippen molar-refractivity contribution < 1.29 is 14.0 Å². The SMILES string of the molecule is CC(C)(C)NC(=O)c1ccccc1NC(=S)NC(=O)/C=C/c1ccco1. The highest BCUT2D eigenvalue weighted by Gasteiger charge is 2.18. The Bertz CT molecular complexity index is 821. The van der Waals surface area contributed by atoms with Crippen LogP contribution in [0.2, 0.25) is 0 Å². The summed E-state index contributed by atoms with van der Waals surface area (Å²) < 4.78 is 5.11. The van der Waals surface area contributed by atoms with Gasteiger partial charge in [0.1, 0.15) is 5.76 Å². The number of para-hydroxylation sites is 1. The van der Waals surface area contributed by atoms with Crippen LogP contribution in [-0.2, 0) is 4.79 Å². The van der Waals surface area contributed by atoms with Gasteiger partial charge in [-0.2, -0.15) is 0 Å². The van der Waals surface area contributed by atoms with Gasteiger partial charge in [0.2, 0.25) is 5.91 Å². The number of carbonyl (C=O) groups is 2. The van der Waals surface area contributed by atoms with E-state index in [9.17, 15) is 9.59 Å². The van der Waals surface area contributed by atoms with Crippen molar-refractivity contribution in [2.24, 2.45) is 0 Å². The molecule has 0 saturated heterocycles. The van der Waals surface area contributed by atoms with Crippen molar-refractivity contribution in [1.29, 1.82) is 0 Å². The molecule has 2 amide bonds. The lowest BCUT2D eigenvalue weighted by Gasteiger charge is -2.21. The van der Waals surface area contributed by atoms with E-state index in [0.29, 0.717) is 17.0 Å². The Balaban J connectivity index is 2.00. The second-order valence-electron chi connectivity index (χ2n) is 6.54. The first-order valence-electron chi connectivity index (χ1n) is 8.00. The van der Waals surface area contributed by atoms with Crippen molar-refractivity contribution >= 4 is 40.9 Å². The Morgan fingerprint density at radius 2 is 1.85 bits per heavy atom. The van der Waals surface area contributed by atoms with E-state index in [4.69, 9.17) is 16.6 Å². The van der Waals surface area contributed by atoms with Gasteiger partial charge in [0.25, 0.3) is 5.91 Å². The van der Waals surface area contributed by atoms with Crippen LogP contribution in [0.25, 0.3) is 6.08 Å². The molecule has 0 aliphatic carbocycles. The molecule has 136 valence electrons. The summed E-state index contributed by atoms with van der Waals surface area (Å²) >= 11 is 5.15. The van der Waals surface area contributed by atoms with Crippen LogP contribution in [0, 0.1) is 0 Å². The van der Waals surface area contributed by atoms with Crippen molar-refractivity contribution in [3.8, 4) is 0 Å². The quantitative estimate of drug-likeness (QED) is 0.567. The van der Waals surface area contributed by atoms with Crippen molar-refractivity contribution in [1.82, 2.24) is 10.6 Å². The fourth-order valence-electron chi connectivity index (χ4n) is 2.05. The van der Waals surface area contributed by atoms with Gasteiger partial charge in [0.15, 0.2) is 5.11 Å². The van der Waals surface area contributed by atoms with Crippen molar-refractivity contribution in [2.75, 3.05) is 5.32 Å². The summed E-state index contributed by atoms with van der Waals surface area (Å²) in [5.74, 6) is -0.0776. The summed E-state index contributed by atoms with van der Waals surface area (Å²) in [6, 6.07) is 10.4.